The molecule has 2 aromatic rings. The molecule has 126 valence electrons. The predicted molar refractivity (Wildman–Crippen MR) is 91.6 cm³/mol. The molecule has 6 nitrogen and oxygen atoms in total. The molecule has 1 aromatic heterocycles. The molecule has 2 heterocycles. The number of carbonyl (C=O) groups excluding carboxylic acids is 2. The molecule has 1 aromatic carbocycles. The van der Waals surface area contributed by atoms with E-state index < -0.39 is 0 Å². The Balaban J connectivity index is 1.42. The number of hydrogen-bond donors (Lipinski definition) is 1. The quantitative estimate of drug-likeness (QED) is 0.873. The SMILES string of the molecule is Cc1ccc(OCC(=O)NCC2CN(c3cccs3)C(=O)O2)cc1. The molecule has 1 N–H and O–H groups in total. The van der Waals surface area contributed by atoms with E-state index in [0.29, 0.717) is 12.3 Å². The van der Waals surface area contributed by atoms with Crippen LogP contribution < -0.4 is 15.0 Å². The van der Waals surface area contributed by atoms with Crippen molar-refractivity contribution in [1.29, 1.82) is 0 Å². The Labute approximate surface area is 144 Å². The summed E-state index contributed by atoms with van der Waals surface area (Å²) in [6.45, 7) is 2.61. The second-order valence-electron chi connectivity index (χ2n) is 5.47. The smallest absolute Gasteiger partial charge is 0.415 e. The van der Waals surface area contributed by atoms with Gasteiger partial charge in [-0.15, -0.1) is 11.3 Å². The van der Waals surface area contributed by atoms with Gasteiger partial charge in [-0.25, -0.2) is 4.79 Å². The highest BCUT2D eigenvalue weighted by molar-refractivity contribution is 7.14. The van der Waals surface area contributed by atoms with E-state index in [-0.39, 0.29) is 31.3 Å². The average molecular weight is 346 g/mol. The van der Waals surface area contributed by atoms with Crippen molar-refractivity contribution in [3.8, 4) is 5.75 Å². The number of nitrogens with one attached hydrogen (secondary N) is 1. The molecule has 0 radical (unpaired) electrons. The van der Waals surface area contributed by atoms with Gasteiger partial charge in [0, 0.05) is 0 Å². The van der Waals surface area contributed by atoms with E-state index in [9.17, 15) is 9.59 Å². The maximum absolute atomic E-state index is 11.8. The molecule has 1 aliphatic rings. The first-order chi connectivity index (χ1) is 11.6. The van der Waals surface area contributed by atoms with Gasteiger partial charge in [-0.1, -0.05) is 17.7 Å². The first kappa shape index (κ1) is 16.3. The first-order valence-corrected chi connectivity index (χ1v) is 8.47. The van der Waals surface area contributed by atoms with Crippen LogP contribution in [0.25, 0.3) is 0 Å². The Bertz CT molecular complexity index is 700. The topological polar surface area (TPSA) is 67.9 Å². The largest absolute Gasteiger partial charge is 0.484 e. The molecule has 1 atom stereocenters. The summed E-state index contributed by atoms with van der Waals surface area (Å²) in [5, 5.41) is 5.48. The molecular formula is C17H18N2O4S. The van der Waals surface area contributed by atoms with Gasteiger partial charge in [-0.05, 0) is 36.6 Å². The Hall–Kier alpha value is -2.54. The minimum absolute atomic E-state index is 0.0711. The third-order valence-corrected chi connectivity index (χ3v) is 4.46. The summed E-state index contributed by atoms with van der Waals surface area (Å²) in [5.41, 5.74) is 1.13. The van der Waals surface area contributed by atoms with Crippen LogP contribution in [0.2, 0.25) is 0 Å². The highest BCUT2D eigenvalue weighted by Crippen LogP contribution is 2.26. The number of cyclic esters (lactones) is 1. The molecule has 0 bridgehead atoms. The molecule has 1 fully saturated rings. The van der Waals surface area contributed by atoms with Gasteiger partial charge < -0.3 is 14.8 Å². The molecule has 1 saturated heterocycles. The number of ether oxygens (including phenoxy) is 2. The van der Waals surface area contributed by atoms with E-state index in [1.165, 1.54) is 11.3 Å². The lowest BCUT2D eigenvalue weighted by Crippen LogP contribution is -2.37. The zero-order valence-electron chi connectivity index (χ0n) is 13.2. The highest BCUT2D eigenvalue weighted by Gasteiger charge is 2.32. The summed E-state index contributed by atoms with van der Waals surface area (Å²) in [6, 6.07) is 11.2. The van der Waals surface area contributed by atoms with Gasteiger partial charge in [0.1, 0.15) is 16.9 Å². The lowest BCUT2D eigenvalue weighted by Gasteiger charge is -2.11. The Morgan fingerprint density at radius 1 is 1.38 bits per heavy atom. The van der Waals surface area contributed by atoms with Gasteiger partial charge in [-0.2, -0.15) is 0 Å². The Kier molecular flexibility index (Phi) is 5.00. The number of anilines is 1. The molecule has 2 amide bonds. The number of amides is 2. The van der Waals surface area contributed by atoms with Crippen molar-refractivity contribution in [3.63, 3.8) is 0 Å². The first-order valence-electron chi connectivity index (χ1n) is 7.59. The molecule has 7 heteroatoms. The van der Waals surface area contributed by atoms with Crippen LogP contribution in [0.1, 0.15) is 5.56 Å². The van der Waals surface area contributed by atoms with Crippen LogP contribution in [0.15, 0.2) is 41.8 Å². The van der Waals surface area contributed by atoms with Gasteiger partial charge in [0.25, 0.3) is 5.91 Å². The van der Waals surface area contributed by atoms with Gasteiger partial charge >= 0.3 is 6.09 Å². The zero-order chi connectivity index (χ0) is 16.9. The maximum Gasteiger partial charge on any atom is 0.415 e. The van der Waals surface area contributed by atoms with E-state index in [2.05, 4.69) is 5.32 Å². The van der Waals surface area contributed by atoms with Crippen molar-refractivity contribution in [2.24, 2.45) is 0 Å². The average Bonchev–Trinajstić information content (AvgIpc) is 3.21. The predicted octanol–water partition coefficient (Wildman–Crippen LogP) is 2.58. The number of nitrogens with zero attached hydrogens (tertiary/aromatic N) is 1. The number of rotatable bonds is 6. The summed E-state index contributed by atoms with van der Waals surface area (Å²) >= 11 is 1.47. The monoisotopic (exact) mass is 346 g/mol. The standard InChI is InChI=1S/C17H18N2O4S/c1-12-4-6-13(7-5-12)22-11-15(20)18-9-14-10-19(17(21)23-14)16-3-2-8-24-16/h2-8,14H,9-11H2,1H3,(H,18,20). The van der Waals surface area contributed by atoms with E-state index in [4.69, 9.17) is 9.47 Å². The van der Waals surface area contributed by atoms with E-state index >= 15 is 0 Å². The molecule has 1 unspecified atom stereocenters. The van der Waals surface area contributed by atoms with Gasteiger partial charge in [0.15, 0.2) is 6.61 Å². The van der Waals surface area contributed by atoms with E-state index in [1.54, 1.807) is 4.90 Å². The lowest BCUT2D eigenvalue weighted by molar-refractivity contribution is -0.123. The molecule has 0 aliphatic carbocycles. The molecule has 3 rings (SSSR count). The molecule has 1 aliphatic heterocycles. The summed E-state index contributed by atoms with van der Waals surface area (Å²) in [6.07, 6.45) is -0.740. The summed E-state index contributed by atoms with van der Waals surface area (Å²) < 4.78 is 10.7. The summed E-state index contributed by atoms with van der Waals surface area (Å²) in [5.74, 6) is 0.396. The molecular weight excluding hydrogens is 328 g/mol. The second-order valence-corrected chi connectivity index (χ2v) is 6.40. The fraction of sp³-hybridized carbons (Fsp3) is 0.294. The third kappa shape index (κ3) is 4.05. The number of hydrogen-bond acceptors (Lipinski definition) is 5. The number of aryl methyl sites for hydroxylation is 1. The minimum atomic E-state index is -0.382. The van der Waals surface area contributed by atoms with Crippen LogP contribution >= 0.6 is 11.3 Å². The van der Waals surface area contributed by atoms with Crippen molar-refractivity contribution in [3.05, 3.63) is 47.3 Å². The van der Waals surface area contributed by atoms with Crippen molar-refractivity contribution >= 4 is 28.3 Å². The van der Waals surface area contributed by atoms with Crippen molar-refractivity contribution < 1.29 is 19.1 Å². The summed E-state index contributed by atoms with van der Waals surface area (Å²) in [4.78, 5) is 25.3. The van der Waals surface area contributed by atoms with Crippen LogP contribution in [-0.4, -0.2) is 37.8 Å². The zero-order valence-corrected chi connectivity index (χ0v) is 14.0. The molecule has 0 saturated carbocycles. The molecule has 24 heavy (non-hydrogen) atoms. The van der Waals surface area contributed by atoms with Crippen LogP contribution in [0.5, 0.6) is 5.75 Å². The van der Waals surface area contributed by atoms with Gasteiger partial charge in [0.05, 0.1) is 13.1 Å². The van der Waals surface area contributed by atoms with Crippen LogP contribution in [0, 0.1) is 6.92 Å². The Morgan fingerprint density at radius 3 is 2.88 bits per heavy atom. The van der Waals surface area contributed by atoms with Crippen LogP contribution in [0.3, 0.4) is 0 Å². The van der Waals surface area contributed by atoms with Gasteiger partial charge in [0.2, 0.25) is 0 Å². The maximum atomic E-state index is 11.8. The summed E-state index contributed by atoms with van der Waals surface area (Å²) in [7, 11) is 0. The van der Waals surface area contributed by atoms with Crippen LogP contribution in [-0.2, 0) is 9.53 Å². The van der Waals surface area contributed by atoms with E-state index in [0.717, 1.165) is 10.6 Å². The van der Waals surface area contributed by atoms with Crippen LogP contribution in [0.4, 0.5) is 9.80 Å². The number of carbonyl (C=O) groups is 2. The normalized spacial score (nSPS) is 16.8. The number of thiophene rings is 1. The van der Waals surface area contributed by atoms with Crippen molar-refractivity contribution in [2.75, 3.05) is 24.6 Å². The molecule has 0 spiro atoms. The Morgan fingerprint density at radius 2 is 2.17 bits per heavy atom. The van der Waals surface area contributed by atoms with Crippen molar-refractivity contribution in [2.45, 2.75) is 13.0 Å². The minimum Gasteiger partial charge on any atom is -0.484 e. The van der Waals surface area contributed by atoms with Gasteiger partial charge in [-0.3, -0.25) is 9.69 Å². The third-order valence-electron chi connectivity index (χ3n) is 3.56. The fourth-order valence-electron chi connectivity index (χ4n) is 2.29. The fourth-order valence-corrected chi connectivity index (χ4v) is 3.02. The number of benzene rings is 1. The highest BCUT2D eigenvalue weighted by atomic mass is 32.1. The van der Waals surface area contributed by atoms with E-state index in [1.807, 2.05) is 48.7 Å². The second kappa shape index (κ2) is 7.35. The van der Waals surface area contributed by atoms with Crippen molar-refractivity contribution in [1.82, 2.24) is 5.32 Å². The lowest BCUT2D eigenvalue weighted by atomic mass is 10.2.